The normalized spacial score (nSPS) is 29.5. The van der Waals surface area contributed by atoms with E-state index in [1.807, 2.05) is 12.1 Å². The largest absolute Gasteiger partial charge is 0.462 e. The molecular weight excluding hydrogens is 214 g/mol. The van der Waals surface area contributed by atoms with E-state index in [1.165, 1.54) is 38.6 Å². The Morgan fingerprint density at radius 2 is 2.00 bits per heavy atom. The van der Waals surface area contributed by atoms with Gasteiger partial charge in [0.15, 0.2) is 0 Å². The van der Waals surface area contributed by atoms with Crippen molar-refractivity contribution in [3.63, 3.8) is 0 Å². The van der Waals surface area contributed by atoms with Gasteiger partial charge in [-0.15, -0.1) is 0 Å². The van der Waals surface area contributed by atoms with Gasteiger partial charge in [0, 0.05) is 6.04 Å². The smallest absolute Gasteiger partial charge is 0.129 e. The Labute approximate surface area is 102 Å². The number of likely N-dealkylation sites (tertiary alicyclic amines) is 1. The van der Waals surface area contributed by atoms with E-state index in [2.05, 4.69) is 4.90 Å². The van der Waals surface area contributed by atoms with Crippen molar-refractivity contribution in [1.29, 1.82) is 0 Å². The first-order chi connectivity index (χ1) is 8.36. The first-order valence-corrected chi connectivity index (χ1v) is 6.79. The maximum atomic E-state index is 9.00. The van der Waals surface area contributed by atoms with Crippen LogP contribution < -0.4 is 0 Å². The molecular formula is C14H21NO2. The zero-order chi connectivity index (χ0) is 11.7. The molecule has 1 N–H and O–H groups in total. The number of hydrogen-bond acceptors (Lipinski definition) is 3. The molecule has 0 spiro atoms. The van der Waals surface area contributed by atoms with E-state index in [9.17, 15) is 0 Å². The van der Waals surface area contributed by atoms with Crippen LogP contribution in [0.15, 0.2) is 16.5 Å². The van der Waals surface area contributed by atoms with Crippen LogP contribution in [0, 0.1) is 5.92 Å². The van der Waals surface area contributed by atoms with Gasteiger partial charge < -0.3 is 9.52 Å². The highest BCUT2D eigenvalue weighted by molar-refractivity contribution is 5.07. The number of aliphatic hydroxyl groups is 1. The summed E-state index contributed by atoms with van der Waals surface area (Å²) in [6.07, 6.45) is 6.92. The second-order valence-corrected chi connectivity index (χ2v) is 5.40. The molecule has 3 nitrogen and oxygen atoms in total. The second-order valence-electron chi connectivity index (χ2n) is 5.40. The van der Waals surface area contributed by atoms with Crippen LogP contribution in [-0.2, 0) is 13.2 Å². The summed E-state index contributed by atoms with van der Waals surface area (Å²) in [6.45, 7) is 2.13. The van der Waals surface area contributed by atoms with Gasteiger partial charge in [-0.2, -0.15) is 0 Å². The highest BCUT2D eigenvalue weighted by Gasteiger charge is 2.34. The third kappa shape index (κ3) is 2.26. The summed E-state index contributed by atoms with van der Waals surface area (Å²) in [5.74, 6) is 2.61. The molecule has 1 aliphatic carbocycles. The molecule has 1 aromatic heterocycles. The van der Waals surface area contributed by atoms with Crippen molar-refractivity contribution in [1.82, 2.24) is 4.90 Å². The molecule has 1 aliphatic heterocycles. The van der Waals surface area contributed by atoms with Gasteiger partial charge in [0.25, 0.3) is 0 Å². The van der Waals surface area contributed by atoms with Crippen molar-refractivity contribution in [2.24, 2.45) is 5.92 Å². The summed E-state index contributed by atoms with van der Waals surface area (Å²) in [6, 6.07) is 4.67. The minimum Gasteiger partial charge on any atom is -0.462 e. The number of fused-ring (bicyclic) bond motifs is 1. The van der Waals surface area contributed by atoms with Crippen molar-refractivity contribution in [2.45, 2.75) is 51.3 Å². The van der Waals surface area contributed by atoms with Crippen molar-refractivity contribution >= 4 is 0 Å². The number of piperidine rings is 1. The molecule has 0 bridgehead atoms. The van der Waals surface area contributed by atoms with Crippen molar-refractivity contribution in [2.75, 3.05) is 6.54 Å². The maximum absolute atomic E-state index is 9.00. The standard InChI is InChI=1S/C14H21NO2/c16-10-13-7-6-12(17-13)9-15-8-2-4-11-3-1-5-14(11)15/h6-7,11,14,16H,1-5,8-10H2. The Hall–Kier alpha value is -0.800. The summed E-state index contributed by atoms with van der Waals surface area (Å²) in [5.41, 5.74) is 0. The van der Waals surface area contributed by atoms with Crippen LogP contribution in [-0.4, -0.2) is 22.6 Å². The topological polar surface area (TPSA) is 36.6 Å². The van der Waals surface area contributed by atoms with Gasteiger partial charge in [-0.3, -0.25) is 4.90 Å². The number of rotatable bonds is 3. The predicted octanol–water partition coefficient (Wildman–Crippen LogP) is 2.54. The molecule has 94 valence electrons. The monoisotopic (exact) mass is 235 g/mol. The molecule has 3 rings (SSSR count). The fourth-order valence-corrected chi connectivity index (χ4v) is 3.55. The minimum absolute atomic E-state index is 0.00601. The molecule has 2 fully saturated rings. The van der Waals surface area contributed by atoms with Crippen LogP contribution >= 0.6 is 0 Å². The number of aliphatic hydroxyl groups excluding tert-OH is 1. The average Bonchev–Trinajstić information content (AvgIpc) is 2.97. The van der Waals surface area contributed by atoms with Crippen LogP contribution in [0.5, 0.6) is 0 Å². The Morgan fingerprint density at radius 1 is 1.18 bits per heavy atom. The Morgan fingerprint density at radius 3 is 2.82 bits per heavy atom. The van der Waals surface area contributed by atoms with Crippen molar-refractivity contribution < 1.29 is 9.52 Å². The lowest BCUT2D eigenvalue weighted by Gasteiger charge is -2.37. The SMILES string of the molecule is OCc1ccc(CN2CCCC3CCCC32)o1. The molecule has 3 heteroatoms. The van der Waals surface area contributed by atoms with E-state index in [4.69, 9.17) is 9.52 Å². The minimum atomic E-state index is 0.00601. The molecule has 1 aromatic rings. The van der Waals surface area contributed by atoms with Gasteiger partial charge in [0.05, 0.1) is 6.54 Å². The predicted molar refractivity (Wildman–Crippen MR) is 65.4 cm³/mol. The van der Waals surface area contributed by atoms with E-state index in [0.29, 0.717) is 5.76 Å². The van der Waals surface area contributed by atoms with E-state index in [-0.39, 0.29) is 6.61 Å². The quantitative estimate of drug-likeness (QED) is 0.874. The van der Waals surface area contributed by atoms with Crippen LogP contribution in [0.2, 0.25) is 0 Å². The summed E-state index contributed by atoms with van der Waals surface area (Å²) in [7, 11) is 0. The van der Waals surface area contributed by atoms with Gasteiger partial charge in [-0.05, 0) is 50.3 Å². The lowest BCUT2D eigenvalue weighted by Crippen LogP contribution is -2.41. The fourth-order valence-electron chi connectivity index (χ4n) is 3.55. The summed E-state index contributed by atoms with van der Waals surface area (Å²) >= 11 is 0. The fraction of sp³-hybridized carbons (Fsp3) is 0.714. The molecule has 1 saturated carbocycles. The zero-order valence-electron chi connectivity index (χ0n) is 10.3. The molecule has 17 heavy (non-hydrogen) atoms. The Bertz CT molecular complexity index is 374. The molecule has 2 heterocycles. The third-order valence-corrected chi connectivity index (χ3v) is 4.34. The lowest BCUT2D eigenvalue weighted by molar-refractivity contribution is 0.0965. The van der Waals surface area contributed by atoms with Crippen LogP contribution in [0.3, 0.4) is 0 Å². The first-order valence-electron chi connectivity index (χ1n) is 6.79. The van der Waals surface area contributed by atoms with Gasteiger partial charge in [0.2, 0.25) is 0 Å². The summed E-state index contributed by atoms with van der Waals surface area (Å²) in [5, 5.41) is 9.00. The summed E-state index contributed by atoms with van der Waals surface area (Å²) < 4.78 is 5.59. The molecule has 2 unspecified atom stereocenters. The van der Waals surface area contributed by atoms with Crippen LogP contribution in [0.4, 0.5) is 0 Å². The Kier molecular flexibility index (Phi) is 3.21. The molecule has 1 saturated heterocycles. The van der Waals surface area contributed by atoms with Gasteiger partial charge in [0.1, 0.15) is 18.1 Å². The van der Waals surface area contributed by atoms with Crippen molar-refractivity contribution in [3.8, 4) is 0 Å². The van der Waals surface area contributed by atoms with Crippen molar-refractivity contribution in [3.05, 3.63) is 23.7 Å². The maximum Gasteiger partial charge on any atom is 0.129 e. The molecule has 0 aromatic carbocycles. The lowest BCUT2D eigenvalue weighted by atomic mass is 9.92. The molecule has 0 radical (unpaired) electrons. The third-order valence-electron chi connectivity index (χ3n) is 4.34. The summed E-state index contributed by atoms with van der Waals surface area (Å²) in [4.78, 5) is 2.58. The van der Waals surface area contributed by atoms with E-state index in [0.717, 1.165) is 24.3 Å². The highest BCUT2D eigenvalue weighted by Crippen LogP contribution is 2.37. The van der Waals surface area contributed by atoms with Gasteiger partial charge in [-0.1, -0.05) is 6.42 Å². The van der Waals surface area contributed by atoms with Gasteiger partial charge in [-0.25, -0.2) is 0 Å². The highest BCUT2D eigenvalue weighted by atomic mass is 16.4. The van der Waals surface area contributed by atoms with Crippen LogP contribution in [0.25, 0.3) is 0 Å². The zero-order valence-corrected chi connectivity index (χ0v) is 10.3. The van der Waals surface area contributed by atoms with E-state index in [1.54, 1.807) is 0 Å². The number of hydrogen-bond donors (Lipinski definition) is 1. The van der Waals surface area contributed by atoms with Gasteiger partial charge >= 0.3 is 0 Å². The second kappa shape index (κ2) is 4.83. The first kappa shape index (κ1) is 11.3. The number of furan rings is 1. The molecule has 0 amide bonds. The van der Waals surface area contributed by atoms with E-state index < -0.39 is 0 Å². The Balaban J connectivity index is 1.67. The molecule has 2 aliphatic rings. The molecule has 2 atom stereocenters. The van der Waals surface area contributed by atoms with E-state index >= 15 is 0 Å². The number of nitrogens with zero attached hydrogens (tertiary/aromatic N) is 1. The average molecular weight is 235 g/mol. The van der Waals surface area contributed by atoms with Crippen LogP contribution in [0.1, 0.15) is 43.6 Å².